The number of benzene rings is 2. The Kier molecular flexibility index (Phi) is 4.92. The van der Waals surface area contributed by atoms with Crippen LogP contribution in [0.15, 0.2) is 60.7 Å². The minimum absolute atomic E-state index is 0. The van der Waals surface area contributed by atoms with Gasteiger partial charge in [0.15, 0.2) is 0 Å². The van der Waals surface area contributed by atoms with Gasteiger partial charge in [-0.1, -0.05) is 60.7 Å². The first-order valence-corrected chi connectivity index (χ1v) is 5.93. The van der Waals surface area contributed by atoms with Crippen LogP contribution in [0.25, 0.3) is 0 Å². The third-order valence-corrected chi connectivity index (χ3v) is 3.79. The Hall–Kier alpha value is -0.733. The van der Waals surface area contributed by atoms with Crippen molar-refractivity contribution >= 4 is 37.3 Å². The molecule has 0 saturated heterocycles. The molecule has 0 heterocycles. The summed E-state index contributed by atoms with van der Waals surface area (Å²) in [5.74, 6) is 0. The molecule has 1 nitrogen and oxygen atoms in total. The summed E-state index contributed by atoms with van der Waals surface area (Å²) in [5.41, 5.74) is 0. The van der Waals surface area contributed by atoms with Crippen molar-refractivity contribution in [1.29, 1.82) is 0 Å². The maximum absolute atomic E-state index is 12.0. The Labute approximate surface area is 102 Å². The molecular formula is C12H12LiOP. The van der Waals surface area contributed by atoms with Gasteiger partial charge in [-0.2, -0.15) is 0 Å². The average molecular weight is 210 g/mol. The van der Waals surface area contributed by atoms with E-state index in [-0.39, 0.29) is 18.9 Å². The number of hydrogen-bond acceptors (Lipinski definition) is 1. The zero-order valence-electron chi connectivity index (χ0n) is 7.68. The third-order valence-electron chi connectivity index (χ3n) is 2.07. The number of rotatable bonds is 2. The second-order valence-corrected chi connectivity index (χ2v) is 4.87. The fraction of sp³-hybridized carbons (Fsp3) is 0. The molecule has 0 aromatic heterocycles. The molecular weight excluding hydrogens is 198 g/mol. The van der Waals surface area contributed by atoms with E-state index in [2.05, 4.69) is 0 Å². The van der Waals surface area contributed by atoms with E-state index in [1.165, 1.54) is 0 Å². The topological polar surface area (TPSA) is 17.1 Å². The van der Waals surface area contributed by atoms with Gasteiger partial charge < -0.3 is 4.57 Å². The molecule has 0 radical (unpaired) electrons. The molecule has 0 unspecified atom stereocenters. The van der Waals surface area contributed by atoms with Crippen LogP contribution in [0.5, 0.6) is 0 Å². The molecule has 0 fully saturated rings. The van der Waals surface area contributed by atoms with Crippen LogP contribution >= 0.6 is 7.80 Å². The first-order chi connectivity index (χ1) is 6.88. The van der Waals surface area contributed by atoms with E-state index in [1.54, 1.807) is 0 Å². The first-order valence-electron chi connectivity index (χ1n) is 4.53. The first kappa shape index (κ1) is 12.3. The van der Waals surface area contributed by atoms with E-state index in [9.17, 15) is 4.57 Å². The quantitative estimate of drug-likeness (QED) is 0.543. The predicted octanol–water partition coefficient (Wildman–Crippen LogP) is 1.55. The molecule has 2 rings (SSSR count). The van der Waals surface area contributed by atoms with E-state index in [4.69, 9.17) is 0 Å². The van der Waals surface area contributed by atoms with Gasteiger partial charge in [0.05, 0.1) is 0 Å². The van der Waals surface area contributed by atoms with Crippen molar-refractivity contribution in [3.63, 3.8) is 0 Å². The maximum atomic E-state index is 12.0. The summed E-state index contributed by atoms with van der Waals surface area (Å²) < 4.78 is 12.0. The molecule has 2 aromatic carbocycles. The Morgan fingerprint density at radius 3 is 1.33 bits per heavy atom. The van der Waals surface area contributed by atoms with Crippen LogP contribution in [0.4, 0.5) is 0 Å². The summed E-state index contributed by atoms with van der Waals surface area (Å²) in [6, 6.07) is 19.2. The van der Waals surface area contributed by atoms with Crippen molar-refractivity contribution in [2.24, 2.45) is 0 Å². The van der Waals surface area contributed by atoms with Crippen molar-refractivity contribution < 1.29 is 4.57 Å². The van der Waals surface area contributed by atoms with Crippen LogP contribution in [0, 0.1) is 0 Å². The molecule has 0 spiro atoms. The van der Waals surface area contributed by atoms with Crippen LogP contribution in [0.1, 0.15) is 0 Å². The zero-order valence-corrected chi connectivity index (χ0v) is 8.68. The van der Waals surface area contributed by atoms with Gasteiger partial charge in [-0.25, -0.2) is 0 Å². The summed E-state index contributed by atoms with van der Waals surface area (Å²) in [6.45, 7) is 0. The van der Waals surface area contributed by atoms with Gasteiger partial charge >= 0.3 is 18.9 Å². The summed E-state index contributed by atoms with van der Waals surface area (Å²) in [7, 11) is -1.79. The molecule has 0 atom stereocenters. The number of hydrogen-bond donors (Lipinski definition) is 0. The van der Waals surface area contributed by atoms with Gasteiger partial charge in [0.25, 0.3) is 0 Å². The van der Waals surface area contributed by atoms with Gasteiger partial charge in [-0.05, 0) is 0 Å². The van der Waals surface area contributed by atoms with E-state index in [1.807, 2.05) is 60.7 Å². The van der Waals surface area contributed by atoms with Crippen molar-refractivity contribution in [3.05, 3.63) is 60.7 Å². The van der Waals surface area contributed by atoms with Gasteiger partial charge in [0.2, 0.25) is 0 Å². The summed E-state index contributed by atoms with van der Waals surface area (Å²) in [6.07, 6.45) is 0. The third kappa shape index (κ3) is 3.11. The van der Waals surface area contributed by atoms with Crippen LogP contribution in [0.3, 0.4) is 0 Å². The van der Waals surface area contributed by atoms with E-state index >= 15 is 0 Å². The van der Waals surface area contributed by atoms with Crippen LogP contribution in [0.2, 0.25) is 0 Å². The molecule has 15 heavy (non-hydrogen) atoms. The average Bonchev–Trinajstić information content (AvgIpc) is 2.30. The molecule has 0 aliphatic carbocycles. The summed E-state index contributed by atoms with van der Waals surface area (Å²) in [5, 5.41) is 1.84. The Bertz CT molecular complexity index is 386. The SMILES string of the molecule is O=[PH](c1ccccc1)c1ccccc1.[LiH]. The Morgan fingerprint density at radius 2 is 1.00 bits per heavy atom. The molecule has 0 bridgehead atoms. The molecule has 0 amide bonds. The van der Waals surface area contributed by atoms with Crippen molar-refractivity contribution in [2.75, 3.05) is 0 Å². The molecule has 2 aromatic rings. The summed E-state index contributed by atoms with van der Waals surface area (Å²) in [4.78, 5) is 0. The standard InChI is InChI=1S/C12H11OP.Li.H/c13-14(11-7-3-1-4-8-11)12-9-5-2-6-10-12;;/h1-10,14H;;. The zero-order chi connectivity index (χ0) is 9.80. The minimum atomic E-state index is -1.79. The Balaban J connectivity index is 0.00000112. The fourth-order valence-electron chi connectivity index (χ4n) is 1.35. The molecule has 0 saturated carbocycles. The van der Waals surface area contributed by atoms with Gasteiger partial charge in [-0.3, -0.25) is 0 Å². The molecule has 0 N–H and O–H groups in total. The predicted molar refractivity (Wildman–Crippen MR) is 68.3 cm³/mol. The van der Waals surface area contributed by atoms with E-state index < -0.39 is 7.80 Å². The van der Waals surface area contributed by atoms with Crippen LogP contribution in [-0.2, 0) is 4.57 Å². The van der Waals surface area contributed by atoms with Crippen molar-refractivity contribution in [3.8, 4) is 0 Å². The van der Waals surface area contributed by atoms with Gasteiger partial charge in [-0.15, -0.1) is 0 Å². The van der Waals surface area contributed by atoms with Crippen molar-refractivity contribution in [2.45, 2.75) is 0 Å². The van der Waals surface area contributed by atoms with Crippen LogP contribution < -0.4 is 10.6 Å². The molecule has 0 aliphatic heterocycles. The second-order valence-electron chi connectivity index (χ2n) is 3.06. The summed E-state index contributed by atoms with van der Waals surface area (Å²) >= 11 is 0. The molecule has 72 valence electrons. The Morgan fingerprint density at radius 1 is 0.667 bits per heavy atom. The van der Waals surface area contributed by atoms with Gasteiger partial charge in [0.1, 0.15) is 7.80 Å². The fourth-order valence-corrected chi connectivity index (χ4v) is 2.67. The second kappa shape index (κ2) is 5.98. The van der Waals surface area contributed by atoms with Crippen molar-refractivity contribution in [1.82, 2.24) is 0 Å². The van der Waals surface area contributed by atoms with Gasteiger partial charge in [0, 0.05) is 10.6 Å². The van der Waals surface area contributed by atoms with Crippen LogP contribution in [-0.4, -0.2) is 18.9 Å². The van der Waals surface area contributed by atoms with E-state index in [0.717, 1.165) is 10.6 Å². The normalized spacial score (nSPS) is 9.67. The van der Waals surface area contributed by atoms with E-state index in [0.29, 0.717) is 0 Å². The molecule has 0 aliphatic rings. The monoisotopic (exact) mass is 210 g/mol. The molecule has 3 heteroatoms.